The number of rotatable bonds is 5. The molecule has 2 aromatic rings. The zero-order valence-electron chi connectivity index (χ0n) is 12.3. The summed E-state index contributed by atoms with van der Waals surface area (Å²) in [6.07, 6.45) is 5.02. The Morgan fingerprint density at radius 1 is 1.35 bits per heavy atom. The van der Waals surface area contributed by atoms with Gasteiger partial charge in [0.25, 0.3) is 0 Å². The highest BCUT2D eigenvalue weighted by Gasteiger charge is 2.20. The van der Waals surface area contributed by atoms with Crippen molar-refractivity contribution in [2.24, 2.45) is 7.05 Å². The number of nitrogens with zero attached hydrogens (tertiary/aromatic N) is 2. The predicted molar refractivity (Wildman–Crippen MR) is 79.3 cm³/mol. The molecule has 4 heteroatoms. The maximum atomic E-state index is 12.0. The maximum absolute atomic E-state index is 12.0. The van der Waals surface area contributed by atoms with Crippen LogP contribution >= 0.6 is 0 Å². The van der Waals surface area contributed by atoms with E-state index in [0.717, 1.165) is 17.8 Å². The molecule has 2 rings (SSSR count). The number of aromatic nitrogens is 2. The molecule has 4 nitrogen and oxygen atoms in total. The normalized spacial score (nSPS) is 12.2. The summed E-state index contributed by atoms with van der Waals surface area (Å²) in [4.78, 5) is 16.3. The van der Waals surface area contributed by atoms with Gasteiger partial charge in [-0.05, 0) is 18.9 Å². The lowest BCUT2D eigenvalue weighted by molar-refractivity contribution is -0.121. The Balaban J connectivity index is 2.31. The Kier molecular flexibility index (Phi) is 4.56. The van der Waals surface area contributed by atoms with Gasteiger partial charge in [0.05, 0.1) is 0 Å². The van der Waals surface area contributed by atoms with Gasteiger partial charge >= 0.3 is 0 Å². The van der Waals surface area contributed by atoms with E-state index in [1.807, 2.05) is 36.9 Å². The third-order valence-corrected chi connectivity index (χ3v) is 3.31. The molecule has 1 aromatic carbocycles. The Morgan fingerprint density at radius 2 is 2.05 bits per heavy atom. The zero-order chi connectivity index (χ0) is 14.5. The third kappa shape index (κ3) is 3.26. The lowest BCUT2D eigenvalue weighted by Crippen LogP contribution is -2.30. The molecule has 1 heterocycles. The third-order valence-electron chi connectivity index (χ3n) is 3.31. The van der Waals surface area contributed by atoms with Crippen LogP contribution in [0, 0.1) is 6.92 Å². The van der Waals surface area contributed by atoms with Crippen LogP contribution in [0.4, 0.5) is 0 Å². The number of aryl methyl sites for hydroxylation is 2. The van der Waals surface area contributed by atoms with Crippen LogP contribution in [-0.4, -0.2) is 15.5 Å². The first-order chi connectivity index (χ1) is 9.61. The Morgan fingerprint density at radius 3 is 2.60 bits per heavy atom. The van der Waals surface area contributed by atoms with Crippen LogP contribution in [-0.2, 0) is 11.8 Å². The molecule has 0 saturated carbocycles. The van der Waals surface area contributed by atoms with Gasteiger partial charge in [0.2, 0.25) is 5.91 Å². The molecule has 1 N–H and O–H groups in total. The summed E-state index contributed by atoms with van der Waals surface area (Å²) >= 11 is 0. The van der Waals surface area contributed by atoms with Gasteiger partial charge in [-0.2, -0.15) is 0 Å². The van der Waals surface area contributed by atoms with E-state index in [2.05, 4.69) is 29.4 Å². The number of carbonyl (C=O) groups excluding carboxylic acids is 1. The van der Waals surface area contributed by atoms with Crippen molar-refractivity contribution >= 4 is 5.91 Å². The van der Waals surface area contributed by atoms with Crippen LogP contribution in [0.15, 0.2) is 36.7 Å². The van der Waals surface area contributed by atoms with Crippen molar-refractivity contribution in [3.63, 3.8) is 0 Å². The minimum atomic E-state index is -0.199. The Bertz CT molecular complexity index is 572. The van der Waals surface area contributed by atoms with Gasteiger partial charge in [-0.3, -0.25) is 4.79 Å². The van der Waals surface area contributed by atoms with E-state index in [1.165, 1.54) is 5.56 Å². The molecule has 0 fully saturated rings. The summed E-state index contributed by atoms with van der Waals surface area (Å²) in [5.41, 5.74) is 2.25. The molecule has 0 spiro atoms. The molecule has 1 unspecified atom stereocenters. The van der Waals surface area contributed by atoms with Crippen molar-refractivity contribution in [1.29, 1.82) is 0 Å². The molecule has 0 aliphatic carbocycles. The largest absolute Gasteiger partial charge is 0.342 e. The molecule has 0 bridgehead atoms. The average molecular weight is 271 g/mol. The molecule has 1 atom stereocenters. The average Bonchev–Trinajstić information content (AvgIpc) is 2.84. The zero-order valence-corrected chi connectivity index (χ0v) is 12.3. The first kappa shape index (κ1) is 14.3. The molecular weight excluding hydrogens is 250 g/mol. The molecule has 0 saturated heterocycles. The van der Waals surface area contributed by atoms with Crippen molar-refractivity contribution in [2.45, 2.75) is 32.7 Å². The second kappa shape index (κ2) is 6.37. The van der Waals surface area contributed by atoms with Crippen LogP contribution in [0.25, 0.3) is 0 Å². The van der Waals surface area contributed by atoms with E-state index in [1.54, 1.807) is 6.20 Å². The van der Waals surface area contributed by atoms with Crippen molar-refractivity contribution in [3.8, 4) is 0 Å². The van der Waals surface area contributed by atoms with E-state index in [0.29, 0.717) is 6.42 Å². The first-order valence-corrected chi connectivity index (χ1v) is 6.95. The van der Waals surface area contributed by atoms with Crippen LogP contribution < -0.4 is 5.32 Å². The van der Waals surface area contributed by atoms with Gasteiger partial charge in [-0.1, -0.05) is 36.8 Å². The fourth-order valence-electron chi connectivity index (χ4n) is 2.17. The van der Waals surface area contributed by atoms with Crippen molar-refractivity contribution in [1.82, 2.24) is 14.9 Å². The van der Waals surface area contributed by atoms with E-state index in [-0.39, 0.29) is 11.9 Å². The van der Waals surface area contributed by atoms with Crippen LogP contribution in [0.2, 0.25) is 0 Å². The maximum Gasteiger partial charge on any atom is 0.220 e. The summed E-state index contributed by atoms with van der Waals surface area (Å²) in [6.45, 7) is 4.05. The molecule has 106 valence electrons. The Hall–Kier alpha value is -2.10. The van der Waals surface area contributed by atoms with E-state index in [9.17, 15) is 4.79 Å². The smallest absolute Gasteiger partial charge is 0.220 e. The number of imidazole rings is 1. The van der Waals surface area contributed by atoms with Gasteiger partial charge in [0.15, 0.2) is 0 Å². The molecule has 0 aliphatic rings. The first-order valence-electron chi connectivity index (χ1n) is 6.95. The van der Waals surface area contributed by atoms with E-state index < -0.39 is 0 Å². The van der Waals surface area contributed by atoms with Gasteiger partial charge < -0.3 is 9.88 Å². The monoisotopic (exact) mass is 271 g/mol. The molecule has 1 amide bonds. The second-order valence-electron chi connectivity index (χ2n) is 5.06. The number of benzene rings is 1. The summed E-state index contributed by atoms with van der Waals surface area (Å²) < 4.78 is 1.94. The lowest BCUT2D eigenvalue weighted by atomic mass is 10.0. The topological polar surface area (TPSA) is 46.9 Å². The highest BCUT2D eigenvalue weighted by Crippen LogP contribution is 2.21. The molecule has 0 radical (unpaired) electrons. The predicted octanol–water partition coefficient (Wildman–Crippen LogP) is 2.73. The van der Waals surface area contributed by atoms with Gasteiger partial charge in [-0.25, -0.2) is 4.98 Å². The molecular formula is C16H21N3O. The number of hydrogen-bond donors (Lipinski definition) is 1. The highest BCUT2D eigenvalue weighted by molar-refractivity contribution is 5.76. The molecule has 0 aliphatic heterocycles. The van der Waals surface area contributed by atoms with Crippen LogP contribution in [0.5, 0.6) is 0 Å². The number of nitrogens with one attached hydrogen (secondary N) is 1. The lowest BCUT2D eigenvalue weighted by Gasteiger charge is -2.19. The van der Waals surface area contributed by atoms with Crippen molar-refractivity contribution in [2.75, 3.05) is 0 Å². The Labute approximate surface area is 119 Å². The number of hydrogen-bond acceptors (Lipinski definition) is 2. The number of amides is 1. The standard InChI is InChI=1S/C16H21N3O/c1-4-5-14(20)18-15(16-17-10-11-19(16)3)13-8-6-12(2)7-9-13/h6-11,15H,4-5H2,1-3H3,(H,18,20). The quantitative estimate of drug-likeness (QED) is 0.909. The van der Waals surface area contributed by atoms with Crippen molar-refractivity contribution in [3.05, 3.63) is 53.6 Å². The summed E-state index contributed by atoms with van der Waals surface area (Å²) in [7, 11) is 1.94. The number of carbonyl (C=O) groups is 1. The van der Waals surface area contributed by atoms with Gasteiger partial charge in [0.1, 0.15) is 11.9 Å². The summed E-state index contributed by atoms with van der Waals surface area (Å²) in [6, 6.07) is 7.99. The molecule has 1 aromatic heterocycles. The van der Waals surface area contributed by atoms with E-state index in [4.69, 9.17) is 0 Å². The minimum absolute atomic E-state index is 0.0566. The SMILES string of the molecule is CCCC(=O)NC(c1ccc(C)cc1)c1nccn1C. The van der Waals surface area contributed by atoms with Crippen molar-refractivity contribution < 1.29 is 4.79 Å². The van der Waals surface area contributed by atoms with E-state index >= 15 is 0 Å². The van der Waals surface area contributed by atoms with Crippen LogP contribution in [0.1, 0.15) is 42.8 Å². The van der Waals surface area contributed by atoms with Gasteiger partial charge in [-0.15, -0.1) is 0 Å². The molecule has 20 heavy (non-hydrogen) atoms. The summed E-state index contributed by atoms with van der Waals surface area (Å²) in [5, 5.41) is 3.07. The highest BCUT2D eigenvalue weighted by atomic mass is 16.1. The fourth-order valence-corrected chi connectivity index (χ4v) is 2.17. The minimum Gasteiger partial charge on any atom is -0.342 e. The second-order valence-corrected chi connectivity index (χ2v) is 5.06. The van der Waals surface area contributed by atoms with Crippen LogP contribution in [0.3, 0.4) is 0 Å². The fraction of sp³-hybridized carbons (Fsp3) is 0.375. The summed E-state index contributed by atoms with van der Waals surface area (Å²) in [5.74, 6) is 0.902. The van der Waals surface area contributed by atoms with Gasteiger partial charge in [0, 0.05) is 25.9 Å².